The molecule has 0 amide bonds. The molecule has 0 fully saturated rings. The summed E-state index contributed by atoms with van der Waals surface area (Å²) in [5, 5.41) is 1.18. The molecule has 0 aliphatic carbocycles. The van der Waals surface area contributed by atoms with Crippen LogP contribution >= 0.6 is 15.9 Å². The van der Waals surface area contributed by atoms with Crippen molar-refractivity contribution in [1.82, 2.24) is 0 Å². The van der Waals surface area contributed by atoms with Crippen LogP contribution in [-0.2, 0) is 0 Å². The van der Waals surface area contributed by atoms with Crippen LogP contribution in [0.15, 0.2) is 0 Å². The topological polar surface area (TPSA) is 0 Å². The Morgan fingerprint density at radius 1 is 1.09 bits per heavy atom. The summed E-state index contributed by atoms with van der Waals surface area (Å²) < 4.78 is 0. The molecule has 0 aromatic heterocycles. The van der Waals surface area contributed by atoms with Crippen molar-refractivity contribution in [2.24, 2.45) is 5.92 Å². The summed E-state index contributed by atoms with van der Waals surface area (Å²) in [6.45, 7) is 4.63. The van der Waals surface area contributed by atoms with Crippen LogP contribution in [0.2, 0.25) is 0 Å². The van der Waals surface area contributed by atoms with E-state index in [9.17, 15) is 0 Å². The molecule has 0 unspecified atom stereocenters. The lowest BCUT2D eigenvalue weighted by Crippen LogP contribution is -1.91. The first-order chi connectivity index (χ1) is 5.31. The third-order valence-electron chi connectivity index (χ3n) is 2.28. The van der Waals surface area contributed by atoms with Crippen molar-refractivity contribution >= 4 is 15.9 Å². The van der Waals surface area contributed by atoms with Crippen molar-refractivity contribution < 1.29 is 0 Å². The van der Waals surface area contributed by atoms with Crippen LogP contribution in [0.25, 0.3) is 0 Å². The van der Waals surface area contributed by atoms with Crippen LogP contribution in [0, 0.1) is 5.92 Å². The molecule has 0 nitrogen and oxygen atoms in total. The summed E-state index contributed by atoms with van der Waals surface area (Å²) in [6.07, 6.45) is 8.39. The van der Waals surface area contributed by atoms with E-state index in [2.05, 4.69) is 29.8 Å². The van der Waals surface area contributed by atoms with E-state index in [-0.39, 0.29) is 0 Å². The van der Waals surface area contributed by atoms with E-state index in [4.69, 9.17) is 0 Å². The highest BCUT2D eigenvalue weighted by molar-refractivity contribution is 9.09. The van der Waals surface area contributed by atoms with Crippen LogP contribution in [0.3, 0.4) is 0 Å². The molecule has 0 N–H and O–H groups in total. The molecule has 0 rings (SSSR count). The Kier molecular flexibility index (Phi) is 8.95. The van der Waals surface area contributed by atoms with Gasteiger partial charge in [-0.25, -0.2) is 0 Å². The predicted octanol–water partition coefficient (Wildman–Crippen LogP) is 4.38. The smallest absolute Gasteiger partial charge is 0.00313 e. The fourth-order valence-electron chi connectivity index (χ4n) is 1.14. The number of halogens is 1. The van der Waals surface area contributed by atoms with Gasteiger partial charge in [0, 0.05) is 5.33 Å². The first-order valence-corrected chi connectivity index (χ1v) is 5.99. The molecular weight excluding hydrogens is 200 g/mol. The van der Waals surface area contributed by atoms with Gasteiger partial charge in [-0.05, 0) is 12.3 Å². The molecule has 1 atom stereocenters. The lowest BCUT2D eigenvalue weighted by Gasteiger charge is -2.06. The Morgan fingerprint density at radius 2 is 1.73 bits per heavy atom. The molecule has 68 valence electrons. The van der Waals surface area contributed by atoms with Gasteiger partial charge >= 0.3 is 0 Å². The normalized spacial score (nSPS) is 13.4. The highest BCUT2D eigenvalue weighted by atomic mass is 79.9. The summed E-state index contributed by atoms with van der Waals surface area (Å²) in [5.41, 5.74) is 0. The zero-order chi connectivity index (χ0) is 8.53. The molecule has 0 aromatic carbocycles. The zero-order valence-corrected chi connectivity index (χ0v) is 9.49. The Balaban J connectivity index is 2.89. The Morgan fingerprint density at radius 3 is 2.27 bits per heavy atom. The minimum atomic E-state index is 0.943. The van der Waals surface area contributed by atoms with Gasteiger partial charge in [0.05, 0.1) is 0 Å². The van der Waals surface area contributed by atoms with E-state index in [0.29, 0.717) is 0 Å². The van der Waals surface area contributed by atoms with Crippen LogP contribution in [0.4, 0.5) is 0 Å². The first kappa shape index (κ1) is 11.5. The average Bonchev–Trinajstić information content (AvgIpc) is 2.04. The molecule has 0 bridgehead atoms. The van der Waals surface area contributed by atoms with Gasteiger partial charge in [0.15, 0.2) is 0 Å². The van der Waals surface area contributed by atoms with Crippen molar-refractivity contribution in [1.29, 1.82) is 0 Å². The van der Waals surface area contributed by atoms with Gasteiger partial charge in [-0.15, -0.1) is 0 Å². The van der Waals surface area contributed by atoms with E-state index in [1.807, 2.05) is 0 Å². The second-order valence-electron chi connectivity index (χ2n) is 3.41. The second-order valence-corrected chi connectivity index (χ2v) is 4.20. The molecular formula is C10H21Br. The van der Waals surface area contributed by atoms with Gasteiger partial charge in [-0.2, -0.15) is 0 Å². The fourth-order valence-corrected chi connectivity index (χ4v) is 1.54. The SMILES string of the molecule is CC[C@H](C)CCCCCCBr. The van der Waals surface area contributed by atoms with Crippen molar-refractivity contribution in [2.75, 3.05) is 5.33 Å². The minimum absolute atomic E-state index is 0.943. The monoisotopic (exact) mass is 220 g/mol. The Labute approximate surface area is 79.9 Å². The molecule has 0 radical (unpaired) electrons. The molecule has 1 heteroatoms. The van der Waals surface area contributed by atoms with Gasteiger partial charge in [0.25, 0.3) is 0 Å². The lowest BCUT2D eigenvalue weighted by molar-refractivity contribution is 0.477. The van der Waals surface area contributed by atoms with Gasteiger partial charge in [0.1, 0.15) is 0 Å². The maximum Gasteiger partial charge on any atom is 0.00313 e. The Bertz CT molecular complexity index is 71.3. The second kappa shape index (κ2) is 8.58. The van der Waals surface area contributed by atoms with Gasteiger partial charge in [-0.3, -0.25) is 0 Å². The van der Waals surface area contributed by atoms with E-state index < -0.39 is 0 Å². The molecule has 0 saturated carbocycles. The van der Waals surface area contributed by atoms with E-state index in [0.717, 1.165) is 5.92 Å². The van der Waals surface area contributed by atoms with Gasteiger partial charge < -0.3 is 0 Å². The highest BCUT2D eigenvalue weighted by Crippen LogP contribution is 2.13. The molecule has 11 heavy (non-hydrogen) atoms. The lowest BCUT2D eigenvalue weighted by atomic mass is 10.0. The van der Waals surface area contributed by atoms with Crippen LogP contribution in [0.1, 0.15) is 52.4 Å². The molecule has 0 spiro atoms. The summed E-state index contributed by atoms with van der Waals surface area (Å²) in [7, 11) is 0. The summed E-state index contributed by atoms with van der Waals surface area (Å²) in [4.78, 5) is 0. The van der Waals surface area contributed by atoms with Crippen LogP contribution < -0.4 is 0 Å². The third-order valence-corrected chi connectivity index (χ3v) is 2.84. The largest absolute Gasteiger partial charge is 0.0928 e. The number of unbranched alkanes of at least 4 members (excludes halogenated alkanes) is 3. The van der Waals surface area contributed by atoms with Crippen molar-refractivity contribution in [3.8, 4) is 0 Å². The summed E-state index contributed by atoms with van der Waals surface area (Å²) in [5.74, 6) is 0.943. The molecule has 0 aliphatic rings. The van der Waals surface area contributed by atoms with Crippen molar-refractivity contribution in [3.05, 3.63) is 0 Å². The standard InChI is InChI=1S/C10H21Br/c1-3-10(2)8-6-4-5-7-9-11/h10H,3-9H2,1-2H3/t10-/m0/s1. The maximum absolute atomic E-state index is 3.44. The van der Waals surface area contributed by atoms with E-state index in [1.165, 1.54) is 43.9 Å². The Hall–Kier alpha value is 0.480. The fraction of sp³-hybridized carbons (Fsp3) is 1.00. The average molecular weight is 221 g/mol. The van der Waals surface area contributed by atoms with Gasteiger partial charge in [0.2, 0.25) is 0 Å². The van der Waals surface area contributed by atoms with Crippen LogP contribution in [0.5, 0.6) is 0 Å². The van der Waals surface area contributed by atoms with Crippen molar-refractivity contribution in [2.45, 2.75) is 52.4 Å². The zero-order valence-electron chi connectivity index (χ0n) is 7.91. The van der Waals surface area contributed by atoms with Gasteiger partial charge in [-0.1, -0.05) is 61.9 Å². The first-order valence-electron chi connectivity index (χ1n) is 4.87. The third kappa shape index (κ3) is 8.39. The summed E-state index contributed by atoms with van der Waals surface area (Å²) in [6, 6.07) is 0. The number of hydrogen-bond acceptors (Lipinski definition) is 0. The number of alkyl halides is 1. The van der Waals surface area contributed by atoms with E-state index >= 15 is 0 Å². The highest BCUT2D eigenvalue weighted by Gasteiger charge is 1.97. The molecule has 0 aliphatic heterocycles. The minimum Gasteiger partial charge on any atom is -0.0928 e. The predicted molar refractivity (Wildman–Crippen MR) is 56.3 cm³/mol. The van der Waals surface area contributed by atoms with Crippen molar-refractivity contribution in [3.63, 3.8) is 0 Å². The van der Waals surface area contributed by atoms with E-state index in [1.54, 1.807) is 0 Å². The molecule has 0 heterocycles. The van der Waals surface area contributed by atoms with Crippen LogP contribution in [-0.4, -0.2) is 5.33 Å². The molecule has 0 saturated heterocycles. The molecule has 0 aromatic rings. The number of rotatable bonds is 7. The number of hydrogen-bond donors (Lipinski definition) is 0. The summed E-state index contributed by atoms with van der Waals surface area (Å²) >= 11 is 3.44. The maximum atomic E-state index is 3.44. The quantitative estimate of drug-likeness (QED) is 0.442.